The van der Waals surface area contributed by atoms with Crippen LogP contribution in [0, 0.1) is 0 Å². The number of aromatic hydroxyl groups is 1. The SMILES string of the molecule is Cn1cnc(-c2ccc(C(=O)N3CCOC(c4cccc(O)c4)C3)cc2)n1. The molecule has 0 saturated carbocycles. The van der Waals surface area contributed by atoms with Gasteiger partial charge in [-0.1, -0.05) is 24.3 Å². The molecule has 1 saturated heterocycles. The number of phenolic OH excluding ortho intramolecular Hbond substituents is 1. The summed E-state index contributed by atoms with van der Waals surface area (Å²) in [6, 6.07) is 14.3. The molecule has 1 N–H and O–H groups in total. The third-order valence-corrected chi connectivity index (χ3v) is 4.59. The number of aromatic nitrogens is 3. The van der Waals surface area contributed by atoms with Crippen LogP contribution < -0.4 is 0 Å². The second-order valence-corrected chi connectivity index (χ2v) is 6.52. The normalized spacial score (nSPS) is 17.1. The Bertz CT molecular complexity index is 952. The largest absolute Gasteiger partial charge is 0.508 e. The first-order chi connectivity index (χ1) is 13.1. The number of hydrogen-bond acceptors (Lipinski definition) is 5. The maximum absolute atomic E-state index is 12.9. The first-order valence-corrected chi connectivity index (χ1v) is 8.76. The molecule has 1 aliphatic heterocycles. The van der Waals surface area contributed by atoms with Gasteiger partial charge < -0.3 is 14.7 Å². The summed E-state index contributed by atoms with van der Waals surface area (Å²) in [4.78, 5) is 18.9. The van der Waals surface area contributed by atoms with E-state index in [0.717, 1.165) is 11.1 Å². The van der Waals surface area contributed by atoms with E-state index in [2.05, 4.69) is 10.1 Å². The molecular weight excluding hydrogens is 344 g/mol. The predicted molar refractivity (Wildman–Crippen MR) is 99.1 cm³/mol. The molecule has 4 rings (SSSR count). The smallest absolute Gasteiger partial charge is 0.254 e. The van der Waals surface area contributed by atoms with Crippen LogP contribution >= 0.6 is 0 Å². The number of nitrogens with zero attached hydrogens (tertiary/aromatic N) is 4. The van der Waals surface area contributed by atoms with Crippen molar-refractivity contribution in [3.8, 4) is 17.1 Å². The van der Waals surface area contributed by atoms with Crippen LogP contribution in [0.5, 0.6) is 5.75 Å². The van der Waals surface area contributed by atoms with Crippen LogP contribution in [0.1, 0.15) is 22.0 Å². The number of carbonyl (C=O) groups excluding carboxylic acids is 1. The topological polar surface area (TPSA) is 80.5 Å². The lowest BCUT2D eigenvalue weighted by Gasteiger charge is -2.33. The van der Waals surface area contributed by atoms with Crippen LogP contribution in [-0.4, -0.2) is 50.4 Å². The van der Waals surface area contributed by atoms with E-state index in [1.807, 2.05) is 25.2 Å². The molecule has 1 aliphatic rings. The van der Waals surface area contributed by atoms with Gasteiger partial charge in [0.25, 0.3) is 5.91 Å². The lowest BCUT2D eigenvalue weighted by molar-refractivity contribution is -0.0228. The minimum absolute atomic E-state index is 0.0380. The summed E-state index contributed by atoms with van der Waals surface area (Å²) in [7, 11) is 1.82. The Morgan fingerprint density at radius 2 is 2.04 bits per heavy atom. The van der Waals surface area contributed by atoms with Gasteiger partial charge in [-0.25, -0.2) is 4.98 Å². The fourth-order valence-corrected chi connectivity index (χ4v) is 3.18. The first kappa shape index (κ1) is 17.2. The Morgan fingerprint density at radius 1 is 1.22 bits per heavy atom. The zero-order valence-electron chi connectivity index (χ0n) is 14.9. The van der Waals surface area contributed by atoms with Crippen molar-refractivity contribution in [3.05, 3.63) is 66.0 Å². The maximum Gasteiger partial charge on any atom is 0.254 e. The fraction of sp³-hybridized carbons (Fsp3) is 0.250. The van der Waals surface area contributed by atoms with E-state index in [1.54, 1.807) is 46.2 Å². The average Bonchev–Trinajstić information content (AvgIpc) is 3.14. The van der Waals surface area contributed by atoms with Crippen LogP contribution in [-0.2, 0) is 11.8 Å². The zero-order valence-corrected chi connectivity index (χ0v) is 14.9. The third-order valence-electron chi connectivity index (χ3n) is 4.59. The van der Waals surface area contributed by atoms with Crippen LogP contribution in [0.4, 0.5) is 0 Å². The van der Waals surface area contributed by atoms with Crippen molar-refractivity contribution in [1.82, 2.24) is 19.7 Å². The van der Waals surface area contributed by atoms with Crippen molar-refractivity contribution in [2.24, 2.45) is 7.05 Å². The highest BCUT2D eigenvalue weighted by atomic mass is 16.5. The van der Waals surface area contributed by atoms with Crippen molar-refractivity contribution in [1.29, 1.82) is 0 Å². The van der Waals surface area contributed by atoms with Crippen LogP contribution in [0.15, 0.2) is 54.9 Å². The third kappa shape index (κ3) is 3.68. The van der Waals surface area contributed by atoms with Crippen molar-refractivity contribution >= 4 is 5.91 Å². The summed E-state index contributed by atoms with van der Waals surface area (Å²) in [6.07, 6.45) is 1.40. The van der Waals surface area contributed by atoms with Crippen LogP contribution in [0.2, 0.25) is 0 Å². The van der Waals surface area contributed by atoms with Gasteiger partial charge in [-0.2, -0.15) is 5.10 Å². The number of amides is 1. The summed E-state index contributed by atoms with van der Waals surface area (Å²) in [5, 5.41) is 13.9. The van der Waals surface area contributed by atoms with E-state index >= 15 is 0 Å². The van der Waals surface area contributed by atoms with Crippen molar-refractivity contribution in [2.45, 2.75) is 6.10 Å². The van der Waals surface area contributed by atoms with Gasteiger partial charge in [-0.05, 0) is 29.8 Å². The van der Waals surface area contributed by atoms with E-state index in [1.165, 1.54) is 0 Å². The average molecular weight is 364 g/mol. The van der Waals surface area contributed by atoms with E-state index in [4.69, 9.17) is 4.74 Å². The van der Waals surface area contributed by atoms with Crippen molar-refractivity contribution in [2.75, 3.05) is 19.7 Å². The summed E-state index contributed by atoms with van der Waals surface area (Å²) in [5.74, 6) is 0.786. The molecule has 2 heterocycles. The van der Waals surface area contributed by atoms with Crippen LogP contribution in [0.25, 0.3) is 11.4 Å². The van der Waals surface area contributed by atoms with Gasteiger partial charge in [-0.15, -0.1) is 0 Å². The molecule has 0 spiro atoms. The Hall–Kier alpha value is -3.19. The second kappa shape index (κ2) is 7.20. The Labute approximate surface area is 156 Å². The molecule has 3 aromatic rings. The lowest BCUT2D eigenvalue weighted by Crippen LogP contribution is -2.42. The summed E-state index contributed by atoms with van der Waals surface area (Å²) in [6.45, 7) is 1.45. The summed E-state index contributed by atoms with van der Waals surface area (Å²) in [5.41, 5.74) is 2.35. The van der Waals surface area contributed by atoms with Crippen LogP contribution in [0.3, 0.4) is 0 Å². The van der Waals surface area contributed by atoms with Gasteiger partial charge in [0.15, 0.2) is 5.82 Å². The van der Waals surface area contributed by atoms with E-state index in [0.29, 0.717) is 31.1 Å². The van der Waals surface area contributed by atoms with Gasteiger partial charge in [0.1, 0.15) is 18.2 Å². The molecular formula is C20H20N4O3. The molecule has 7 nitrogen and oxygen atoms in total. The molecule has 0 radical (unpaired) electrons. The quantitative estimate of drug-likeness (QED) is 0.772. The minimum atomic E-state index is -0.244. The monoisotopic (exact) mass is 364 g/mol. The molecule has 1 fully saturated rings. The number of morpholine rings is 1. The number of phenols is 1. The minimum Gasteiger partial charge on any atom is -0.508 e. The Kier molecular flexibility index (Phi) is 4.60. The van der Waals surface area contributed by atoms with Crippen molar-refractivity contribution < 1.29 is 14.6 Å². The number of ether oxygens (including phenoxy) is 1. The summed E-state index contributed by atoms with van der Waals surface area (Å²) >= 11 is 0. The molecule has 27 heavy (non-hydrogen) atoms. The highest BCUT2D eigenvalue weighted by Gasteiger charge is 2.26. The summed E-state index contributed by atoms with van der Waals surface area (Å²) < 4.78 is 7.43. The molecule has 1 aromatic heterocycles. The first-order valence-electron chi connectivity index (χ1n) is 8.76. The van der Waals surface area contributed by atoms with Gasteiger partial charge >= 0.3 is 0 Å². The molecule has 0 bridgehead atoms. The fourth-order valence-electron chi connectivity index (χ4n) is 3.18. The number of carbonyl (C=O) groups is 1. The molecule has 138 valence electrons. The van der Waals surface area contributed by atoms with E-state index < -0.39 is 0 Å². The molecule has 1 atom stereocenters. The molecule has 2 aromatic carbocycles. The number of hydrogen-bond donors (Lipinski definition) is 1. The number of aryl methyl sites for hydroxylation is 1. The standard InChI is InChI=1S/C20H20N4O3/c1-23-13-21-19(22-23)14-5-7-15(8-6-14)20(26)24-9-10-27-18(12-24)16-3-2-4-17(25)11-16/h2-8,11,13,18,25H,9-10,12H2,1H3. The van der Waals surface area contributed by atoms with Crippen molar-refractivity contribution in [3.63, 3.8) is 0 Å². The number of benzene rings is 2. The van der Waals surface area contributed by atoms with Gasteiger partial charge in [0.05, 0.1) is 13.2 Å². The highest BCUT2D eigenvalue weighted by Crippen LogP contribution is 2.26. The molecule has 0 aliphatic carbocycles. The molecule has 7 heteroatoms. The Balaban J connectivity index is 1.48. The van der Waals surface area contributed by atoms with Gasteiger partial charge in [0.2, 0.25) is 0 Å². The van der Waals surface area contributed by atoms with Gasteiger partial charge in [0, 0.05) is 24.7 Å². The lowest BCUT2D eigenvalue weighted by atomic mass is 10.1. The highest BCUT2D eigenvalue weighted by molar-refractivity contribution is 5.94. The second-order valence-electron chi connectivity index (χ2n) is 6.52. The molecule has 1 amide bonds. The number of rotatable bonds is 3. The Morgan fingerprint density at radius 3 is 2.74 bits per heavy atom. The maximum atomic E-state index is 12.9. The molecule has 1 unspecified atom stereocenters. The van der Waals surface area contributed by atoms with E-state index in [-0.39, 0.29) is 17.8 Å². The zero-order chi connectivity index (χ0) is 18.8. The van der Waals surface area contributed by atoms with E-state index in [9.17, 15) is 9.90 Å². The van der Waals surface area contributed by atoms with Gasteiger partial charge in [-0.3, -0.25) is 9.48 Å². The predicted octanol–water partition coefficient (Wildman–Crippen LogP) is 2.40.